The van der Waals surface area contributed by atoms with Crippen LogP contribution >= 0.6 is 34.4 Å². The van der Waals surface area contributed by atoms with Gasteiger partial charge in [0.2, 0.25) is 5.91 Å². The van der Waals surface area contributed by atoms with E-state index < -0.39 is 0 Å². The SMILES string of the molecule is COCCOCSc1nc2ccc(NC(=O)Cc3nc(C)sc3C)cc2s1. The van der Waals surface area contributed by atoms with Crippen LogP contribution in [0.1, 0.15) is 15.6 Å². The van der Waals surface area contributed by atoms with Gasteiger partial charge in [0.05, 0.1) is 46.5 Å². The van der Waals surface area contributed by atoms with Crippen molar-refractivity contribution in [1.82, 2.24) is 9.97 Å². The molecule has 2 aromatic heterocycles. The summed E-state index contributed by atoms with van der Waals surface area (Å²) in [5.41, 5.74) is 2.54. The van der Waals surface area contributed by atoms with Gasteiger partial charge in [0, 0.05) is 17.7 Å². The van der Waals surface area contributed by atoms with Crippen molar-refractivity contribution in [1.29, 1.82) is 0 Å². The summed E-state index contributed by atoms with van der Waals surface area (Å²) >= 11 is 4.76. The van der Waals surface area contributed by atoms with Gasteiger partial charge in [-0.25, -0.2) is 9.97 Å². The molecule has 0 atom stereocenters. The van der Waals surface area contributed by atoms with Gasteiger partial charge in [-0.15, -0.1) is 22.7 Å². The number of amides is 1. The van der Waals surface area contributed by atoms with E-state index in [9.17, 15) is 4.79 Å². The van der Waals surface area contributed by atoms with E-state index in [1.807, 2.05) is 32.0 Å². The maximum atomic E-state index is 12.3. The van der Waals surface area contributed by atoms with Gasteiger partial charge >= 0.3 is 0 Å². The molecule has 9 heteroatoms. The molecule has 0 bridgehead atoms. The zero-order valence-electron chi connectivity index (χ0n) is 15.4. The number of thioether (sulfide) groups is 1. The molecular weight excluding hydrogens is 402 g/mol. The van der Waals surface area contributed by atoms with Crippen LogP contribution in [-0.2, 0) is 20.7 Å². The summed E-state index contributed by atoms with van der Waals surface area (Å²) < 4.78 is 12.4. The Morgan fingerprint density at radius 1 is 1.22 bits per heavy atom. The predicted octanol–water partition coefficient (Wildman–Crippen LogP) is 4.26. The number of hydrogen-bond acceptors (Lipinski definition) is 8. The molecule has 0 aliphatic heterocycles. The fraction of sp³-hybridized carbons (Fsp3) is 0.389. The van der Waals surface area contributed by atoms with Gasteiger partial charge in [-0.3, -0.25) is 4.79 Å². The number of nitrogens with one attached hydrogen (secondary N) is 1. The van der Waals surface area contributed by atoms with Crippen LogP contribution in [0, 0.1) is 13.8 Å². The first-order valence-electron chi connectivity index (χ1n) is 8.38. The summed E-state index contributed by atoms with van der Waals surface area (Å²) in [5, 5.41) is 3.94. The standard InChI is InChI=1S/C18H21N3O3S3/c1-11-15(19-12(2)26-11)9-17(22)20-13-4-5-14-16(8-13)27-18(21-14)25-10-24-7-6-23-3/h4-5,8H,6-7,9-10H2,1-3H3,(H,20,22). The predicted molar refractivity (Wildman–Crippen MR) is 112 cm³/mol. The number of carbonyl (C=O) groups excluding carboxylic acids is 1. The van der Waals surface area contributed by atoms with Crippen LogP contribution < -0.4 is 5.32 Å². The first-order valence-corrected chi connectivity index (χ1v) is 11.0. The molecule has 0 spiro atoms. The molecule has 0 aliphatic carbocycles. The molecule has 2 heterocycles. The number of rotatable bonds is 9. The minimum atomic E-state index is -0.0617. The third kappa shape index (κ3) is 5.73. The van der Waals surface area contributed by atoms with E-state index in [1.165, 1.54) is 0 Å². The average molecular weight is 424 g/mol. The van der Waals surface area contributed by atoms with E-state index in [1.54, 1.807) is 41.5 Å². The zero-order chi connectivity index (χ0) is 19.2. The number of methoxy groups -OCH3 is 1. The monoisotopic (exact) mass is 423 g/mol. The summed E-state index contributed by atoms with van der Waals surface area (Å²) in [5.74, 6) is 0.479. The van der Waals surface area contributed by atoms with Gasteiger partial charge < -0.3 is 14.8 Å². The lowest BCUT2D eigenvalue weighted by molar-refractivity contribution is -0.115. The van der Waals surface area contributed by atoms with Crippen LogP contribution in [-0.4, -0.2) is 42.1 Å². The maximum absolute atomic E-state index is 12.3. The second-order valence-electron chi connectivity index (χ2n) is 5.79. The van der Waals surface area contributed by atoms with Crippen LogP contribution in [0.5, 0.6) is 0 Å². The number of carbonyl (C=O) groups is 1. The second-order valence-corrected chi connectivity index (χ2v) is 9.39. The molecule has 0 unspecified atom stereocenters. The van der Waals surface area contributed by atoms with Crippen molar-refractivity contribution in [2.24, 2.45) is 0 Å². The largest absolute Gasteiger partial charge is 0.382 e. The van der Waals surface area contributed by atoms with Gasteiger partial charge in [0.25, 0.3) is 0 Å². The lowest BCUT2D eigenvalue weighted by atomic mass is 10.2. The minimum Gasteiger partial charge on any atom is -0.382 e. The Balaban J connectivity index is 1.59. The fourth-order valence-corrected chi connectivity index (χ4v) is 5.11. The Morgan fingerprint density at radius 2 is 2.07 bits per heavy atom. The van der Waals surface area contributed by atoms with E-state index in [4.69, 9.17) is 9.47 Å². The highest BCUT2D eigenvalue weighted by atomic mass is 32.2. The van der Waals surface area contributed by atoms with E-state index in [0.29, 0.717) is 19.2 Å². The van der Waals surface area contributed by atoms with E-state index in [2.05, 4.69) is 15.3 Å². The third-order valence-corrected chi connectivity index (χ3v) is 6.65. The number of fused-ring (bicyclic) bond motifs is 1. The number of thiazole rings is 2. The molecule has 1 aromatic carbocycles. The van der Waals surface area contributed by atoms with Crippen LogP contribution in [0.4, 0.5) is 5.69 Å². The van der Waals surface area contributed by atoms with Gasteiger partial charge in [0.1, 0.15) is 0 Å². The van der Waals surface area contributed by atoms with Crippen LogP contribution in [0.25, 0.3) is 10.2 Å². The van der Waals surface area contributed by atoms with E-state index in [0.717, 1.165) is 35.8 Å². The van der Waals surface area contributed by atoms with Crippen LogP contribution in [0.15, 0.2) is 22.5 Å². The number of ether oxygens (including phenoxy) is 2. The average Bonchev–Trinajstić information content (AvgIpc) is 3.16. The molecule has 0 saturated heterocycles. The second kappa shape index (κ2) is 9.61. The number of anilines is 1. The van der Waals surface area contributed by atoms with Gasteiger partial charge in [-0.2, -0.15) is 0 Å². The molecule has 6 nitrogen and oxygen atoms in total. The van der Waals surface area contributed by atoms with E-state index >= 15 is 0 Å². The molecule has 27 heavy (non-hydrogen) atoms. The van der Waals surface area contributed by atoms with Crippen LogP contribution in [0.3, 0.4) is 0 Å². The summed E-state index contributed by atoms with van der Waals surface area (Å²) in [6, 6.07) is 5.76. The number of nitrogens with zero attached hydrogens (tertiary/aromatic N) is 2. The molecule has 0 fully saturated rings. The van der Waals surface area contributed by atoms with Gasteiger partial charge in [-0.05, 0) is 32.0 Å². The van der Waals surface area contributed by atoms with E-state index in [-0.39, 0.29) is 12.3 Å². The van der Waals surface area contributed by atoms with Crippen molar-refractivity contribution in [2.45, 2.75) is 24.6 Å². The van der Waals surface area contributed by atoms with Crippen molar-refractivity contribution in [3.05, 3.63) is 33.8 Å². The topological polar surface area (TPSA) is 73.3 Å². The summed E-state index contributed by atoms with van der Waals surface area (Å²) in [6.07, 6.45) is 0.289. The van der Waals surface area contributed by atoms with Crippen molar-refractivity contribution in [2.75, 3.05) is 31.6 Å². The molecule has 3 aromatic rings. The lowest BCUT2D eigenvalue weighted by Gasteiger charge is -2.04. The highest BCUT2D eigenvalue weighted by molar-refractivity contribution is 8.01. The minimum absolute atomic E-state index is 0.0617. The zero-order valence-corrected chi connectivity index (χ0v) is 17.9. The highest BCUT2D eigenvalue weighted by Crippen LogP contribution is 2.31. The summed E-state index contributed by atoms with van der Waals surface area (Å²) in [6.45, 7) is 5.11. The van der Waals surface area contributed by atoms with Gasteiger partial charge in [0.15, 0.2) is 4.34 Å². The number of benzene rings is 1. The molecular formula is C18H21N3O3S3. The van der Waals surface area contributed by atoms with Crippen molar-refractivity contribution < 1.29 is 14.3 Å². The van der Waals surface area contributed by atoms with Gasteiger partial charge in [-0.1, -0.05) is 11.8 Å². The molecule has 3 rings (SSSR count). The van der Waals surface area contributed by atoms with Crippen molar-refractivity contribution >= 4 is 56.2 Å². The molecule has 0 saturated carbocycles. The highest BCUT2D eigenvalue weighted by Gasteiger charge is 2.12. The number of aryl methyl sites for hydroxylation is 2. The van der Waals surface area contributed by atoms with Crippen LogP contribution in [0.2, 0.25) is 0 Å². The first kappa shape index (κ1) is 20.2. The summed E-state index contributed by atoms with van der Waals surface area (Å²) in [7, 11) is 1.65. The quantitative estimate of drug-likeness (QED) is 0.315. The molecule has 1 amide bonds. The normalized spacial score (nSPS) is 11.2. The summed E-state index contributed by atoms with van der Waals surface area (Å²) in [4.78, 5) is 22.4. The smallest absolute Gasteiger partial charge is 0.230 e. The maximum Gasteiger partial charge on any atom is 0.230 e. The Morgan fingerprint density at radius 3 is 2.81 bits per heavy atom. The molecule has 0 radical (unpaired) electrons. The molecule has 1 N–H and O–H groups in total. The first-order chi connectivity index (χ1) is 13.0. The Kier molecular flexibility index (Phi) is 7.20. The molecule has 0 aliphatic rings. The number of hydrogen-bond donors (Lipinski definition) is 1. The Bertz CT molecular complexity index is 923. The molecule has 144 valence electrons. The van der Waals surface area contributed by atoms with Crippen molar-refractivity contribution in [3.63, 3.8) is 0 Å². The number of aromatic nitrogens is 2. The lowest BCUT2D eigenvalue weighted by Crippen LogP contribution is -2.15. The fourth-order valence-electron chi connectivity index (χ4n) is 2.43. The third-order valence-electron chi connectivity index (χ3n) is 3.68. The van der Waals surface area contributed by atoms with Crippen molar-refractivity contribution in [3.8, 4) is 0 Å². The Hall–Kier alpha value is -1.52. The Labute approximate surface area is 170 Å².